The summed E-state index contributed by atoms with van der Waals surface area (Å²) in [5, 5.41) is 14.4. The van der Waals surface area contributed by atoms with Crippen molar-refractivity contribution in [2.75, 3.05) is 6.67 Å². The molecule has 1 N–H and O–H groups in total. The van der Waals surface area contributed by atoms with Gasteiger partial charge in [-0.05, 0) is 29.7 Å². The molecule has 1 aromatic heterocycles. The minimum atomic E-state index is -1.54. The summed E-state index contributed by atoms with van der Waals surface area (Å²) in [6.45, 7) is -1.11. The van der Waals surface area contributed by atoms with Crippen LogP contribution >= 0.6 is 27.5 Å². The molecule has 100 valence electrons. The van der Waals surface area contributed by atoms with Crippen molar-refractivity contribution in [1.82, 2.24) is 9.59 Å². The third-order valence-corrected chi connectivity index (χ3v) is 3.26. The predicted molar refractivity (Wildman–Crippen MR) is 71.1 cm³/mol. The van der Waals surface area contributed by atoms with Crippen molar-refractivity contribution in [3.8, 4) is 17.0 Å². The second-order valence-electron chi connectivity index (χ2n) is 3.53. The van der Waals surface area contributed by atoms with Crippen molar-refractivity contribution in [3.05, 3.63) is 28.1 Å². The number of carbonyl (C=O) groups is 1. The molecule has 0 amide bonds. The van der Waals surface area contributed by atoms with Gasteiger partial charge in [-0.15, -0.1) is 5.10 Å². The van der Waals surface area contributed by atoms with Crippen molar-refractivity contribution < 1.29 is 19.0 Å². The molecule has 2 aromatic rings. The van der Waals surface area contributed by atoms with Crippen LogP contribution in [0.15, 0.2) is 28.1 Å². The van der Waals surface area contributed by atoms with Crippen molar-refractivity contribution in [2.24, 2.45) is 0 Å². The highest BCUT2D eigenvalue weighted by atomic mass is 79.9. The molecule has 1 heterocycles. The van der Waals surface area contributed by atoms with E-state index in [-0.39, 0.29) is 5.75 Å². The van der Waals surface area contributed by atoms with Crippen LogP contribution in [0.2, 0.25) is 0 Å². The lowest BCUT2D eigenvalue weighted by molar-refractivity contribution is -0.145. The van der Waals surface area contributed by atoms with E-state index in [1.807, 2.05) is 0 Å². The predicted octanol–water partition coefficient (Wildman–Crippen LogP) is 2.77. The second kappa shape index (κ2) is 6.07. The fourth-order valence-corrected chi connectivity index (χ4v) is 2.21. The van der Waals surface area contributed by atoms with Crippen LogP contribution in [-0.4, -0.2) is 33.4 Å². The summed E-state index contributed by atoms with van der Waals surface area (Å²) in [5.41, 5.74) is 1.10. The summed E-state index contributed by atoms with van der Waals surface area (Å²) < 4.78 is 22.3. The van der Waals surface area contributed by atoms with Gasteiger partial charge in [0, 0.05) is 15.4 Å². The Morgan fingerprint density at radius 2 is 2.37 bits per heavy atom. The minimum Gasteiger partial charge on any atom is -0.478 e. The highest BCUT2D eigenvalue weighted by Crippen LogP contribution is 2.32. The topological polar surface area (TPSA) is 72.3 Å². The number of aromatic nitrogens is 2. The molecule has 2 rings (SSSR count). The maximum atomic E-state index is 12.6. The molecule has 1 unspecified atom stereocenters. The van der Waals surface area contributed by atoms with Crippen LogP contribution in [0.3, 0.4) is 0 Å². The molecule has 5 nitrogen and oxygen atoms in total. The lowest BCUT2D eigenvalue weighted by Gasteiger charge is -2.14. The molecule has 0 radical (unpaired) electrons. The van der Waals surface area contributed by atoms with Crippen molar-refractivity contribution in [3.63, 3.8) is 0 Å². The van der Waals surface area contributed by atoms with Crippen LogP contribution in [0, 0.1) is 0 Å². The number of alkyl halides is 1. The summed E-state index contributed by atoms with van der Waals surface area (Å²) >= 11 is 4.46. The van der Waals surface area contributed by atoms with E-state index in [9.17, 15) is 9.18 Å². The number of hydrogen-bond donors (Lipinski definition) is 1. The average Bonchev–Trinajstić information content (AvgIpc) is 2.90. The first-order chi connectivity index (χ1) is 9.11. The van der Waals surface area contributed by atoms with Crippen LogP contribution in [0.5, 0.6) is 5.75 Å². The number of hydrogen-bond acceptors (Lipinski definition) is 5. The molecule has 1 atom stereocenters. The van der Waals surface area contributed by atoms with Gasteiger partial charge < -0.3 is 9.84 Å². The maximum absolute atomic E-state index is 12.6. The zero-order valence-electron chi connectivity index (χ0n) is 9.42. The molecule has 8 heteroatoms. The van der Waals surface area contributed by atoms with E-state index in [0.717, 1.165) is 16.0 Å². The number of ether oxygens (including phenoxy) is 1. The SMILES string of the molecule is O=C(O)C(CF)Oc1ccc(Br)cc1-c1csnn1. The third-order valence-electron chi connectivity index (χ3n) is 2.26. The Balaban J connectivity index is 2.37. The number of aliphatic carboxylic acids is 1. The Hall–Kier alpha value is -1.54. The highest BCUT2D eigenvalue weighted by molar-refractivity contribution is 9.10. The molecular formula is C11H8BrFN2O3S. The molecule has 0 aliphatic carbocycles. The Kier molecular flexibility index (Phi) is 4.43. The first-order valence-electron chi connectivity index (χ1n) is 5.14. The van der Waals surface area contributed by atoms with E-state index in [2.05, 4.69) is 25.5 Å². The zero-order valence-corrected chi connectivity index (χ0v) is 11.8. The number of benzene rings is 1. The van der Waals surface area contributed by atoms with Gasteiger partial charge in [-0.2, -0.15) is 0 Å². The second-order valence-corrected chi connectivity index (χ2v) is 5.06. The van der Waals surface area contributed by atoms with Crippen LogP contribution in [0.4, 0.5) is 4.39 Å². The zero-order chi connectivity index (χ0) is 13.8. The summed E-state index contributed by atoms with van der Waals surface area (Å²) in [7, 11) is 0. The average molecular weight is 347 g/mol. The Morgan fingerprint density at radius 1 is 1.58 bits per heavy atom. The minimum absolute atomic E-state index is 0.251. The van der Waals surface area contributed by atoms with Gasteiger partial charge >= 0.3 is 5.97 Å². The molecular weight excluding hydrogens is 339 g/mol. The highest BCUT2D eigenvalue weighted by Gasteiger charge is 2.21. The van der Waals surface area contributed by atoms with Gasteiger partial charge in [-0.25, -0.2) is 9.18 Å². The molecule has 0 fully saturated rings. The van der Waals surface area contributed by atoms with E-state index < -0.39 is 18.7 Å². The first kappa shape index (κ1) is 13.9. The van der Waals surface area contributed by atoms with Crippen LogP contribution < -0.4 is 4.74 Å². The summed E-state index contributed by atoms with van der Waals surface area (Å²) in [5.74, 6) is -1.10. The lowest BCUT2D eigenvalue weighted by atomic mass is 10.1. The number of carboxylic acid groups (broad SMARTS) is 1. The van der Waals surface area contributed by atoms with Gasteiger partial charge in [0.2, 0.25) is 6.10 Å². The van der Waals surface area contributed by atoms with Crippen LogP contribution in [0.1, 0.15) is 0 Å². The summed E-state index contributed by atoms with van der Waals surface area (Å²) in [6, 6.07) is 4.95. The standard InChI is InChI=1S/C11H8BrFN2O3S/c12-6-1-2-9(18-10(4-13)11(16)17)7(3-6)8-5-19-15-14-8/h1-3,5,10H,4H2,(H,16,17). The fraction of sp³-hybridized carbons (Fsp3) is 0.182. The third kappa shape index (κ3) is 3.27. The smallest absolute Gasteiger partial charge is 0.347 e. The van der Waals surface area contributed by atoms with Crippen LogP contribution in [0.25, 0.3) is 11.3 Å². The molecule has 0 aliphatic rings. The molecule has 1 aromatic carbocycles. The lowest BCUT2D eigenvalue weighted by Crippen LogP contribution is -2.29. The van der Waals surface area contributed by atoms with E-state index >= 15 is 0 Å². The summed E-state index contributed by atoms with van der Waals surface area (Å²) in [4.78, 5) is 10.8. The maximum Gasteiger partial charge on any atom is 0.347 e. The number of carboxylic acids is 1. The Labute approximate surface area is 120 Å². The largest absolute Gasteiger partial charge is 0.478 e. The molecule has 0 saturated carbocycles. The van der Waals surface area contributed by atoms with Crippen molar-refractivity contribution in [2.45, 2.75) is 6.10 Å². The first-order valence-corrected chi connectivity index (χ1v) is 6.77. The van der Waals surface area contributed by atoms with Gasteiger partial charge in [-0.1, -0.05) is 20.4 Å². The van der Waals surface area contributed by atoms with Gasteiger partial charge in [0.25, 0.3) is 0 Å². The monoisotopic (exact) mass is 346 g/mol. The van der Waals surface area contributed by atoms with E-state index in [1.165, 1.54) is 0 Å². The van der Waals surface area contributed by atoms with E-state index in [0.29, 0.717) is 11.3 Å². The van der Waals surface area contributed by atoms with E-state index in [1.54, 1.807) is 23.6 Å². The summed E-state index contributed by atoms with van der Waals surface area (Å²) in [6.07, 6.45) is -1.54. The number of nitrogens with zero attached hydrogens (tertiary/aromatic N) is 2. The number of rotatable bonds is 5. The molecule has 0 saturated heterocycles. The van der Waals surface area contributed by atoms with Crippen molar-refractivity contribution >= 4 is 33.4 Å². The molecule has 0 bridgehead atoms. The molecule has 19 heavy (non-hydrogen) atoms. The molecule has 0 aliphatic heterocycles. The normalized spacial score (nSPS) is 12.1. The Bertz CT molecular complexity index is 579. The Morgan fingerprint density at radius 3 is 2.95 bits per heavy atom. The van der Waals surface area contributed by atoms with Crippen LogP contribution in [-0.2, 0) is 4.79 Å². The number of halogens is 2. The van der Waals surface area contributed by atoms with Gasteiger partial charge in [0.15, 0.2) is 0 Å². The van der Waals surface area contributed by atoms with Gasteiger partial charge in [0.1, 0.15) is 18.1 Å². The van der Waals surface area contributed by atoms with Gasteiger partial charge in [-0.3, -0.25) is 0 Å². The molecule has 0 spiro atoms. The quantitative estimate of drug-likeness (QED) is 0.901. The fourth-order valence-electron chi connectivity index (χ4n) is 1.39. The van der Waals surface area contributed by atoms with Crippen molar-refractivity contribution in [1.29, 1.82) is 0 Å². The van der Waals surface area contributed by atoms with Gasteiger partial charge in [0.05, 0.1) is 0 Å². The van der Waals surface area contributed by atoms with E-state index in [4.69, 9.17) is 9.84 Å².